The Labute approximate surface area is 120 Å². The van der Waals surface area contributed by atoms with Gasteiger partial charge in [-0.25, -0.2) is 4.98 Å². The molecule has 0 aliphatic rings. The average molecular weight is 305 g/mol. The smallest absolute Gasteiger partial charge is 0.368 e. The van der Waals surface area contributed by atoms with Gasteiger partial charge in [-0.1, -0.05) is 13.8 Å². The number of likely N-dealkylation sites (N-methyl/N-ethyl adjacent to an activating group) is 1. The largest absolute Gasteiger partial charge is 0.433 e. The van der Waals surface area contributed by atoms with Crippen LogP contribution in [0.5, 0.6) is 0 Å². The second-order valence-electron chi connectivity index (χ2n) is 5.02. The molecule has 1 amide bonds. The van der Waals surface area contributed by atoms with Crippen LogP contribution in [0.25, 0.3) is 0 Å². The van der Waals surface area contributed by atoms with E-state index in [0.717, 1.165) is 6.07 Å². The van der Waals surface area contributed by atoms with E-state index in [0.29, 0.717) is 6.54 Å². The third-order valence-electron chi connectivity index (χ3n) is 2.50. The van der Waals surface area contributed by atoms with Crippen molar-refractivity contribution in [2.45, 2.75) is 20.0 Å². The van der Waals surface area contributed by atoms with Crippen LogP contribution in [-0.4, -0.2) is 36.0 Å². The number of nitrogen functional groups attached to an aromatic ring is 1. The number of hydrogen-bond acceptors (Lipinski definition) is 5. The van der Waals surface area contributed by atoms with Crippen molar-refractivity contribution in [3.8, 4) is 0 Å². The maximum Gasteiger partial charge on any atom is 0.433 e. The van der Waals surface area contributed by atoms with Crippen LogP contribution in [0.2, 0.25) is 0 Å². The van der Waals surface area contributed by atoms with Crippen molar-refractivity contribution in [1.29, 1.82) is 0 Å². The van der Waals surface area contributed by atoms with Gasteiger partial charge in [-0.3, -0.25) is 4.79 Å². The van der Waals surface area contributed by atoms with E-state index < -0.39 is 17.8 Å². The second kappa shape index (κ2) is 6.59. The molecule has 6 nitrogen and oxygen atoms in total. The van der Waals surface area contributed by atoms with Gasteiger partial charge in [0.25, 0.3) is 0 Å². The molecule has 0 aliphatic carbocycles. The molecule has 0 unspecified atom stereocenters. The number of amides is 1. The van der Waals surface area contributed by atoms with Crippen molar-refractivity contribution in [2.24, 2.45) is 5.92 Å². The lowest BCUT2D eigenvalue weighted by Crippen LogP contribution is -2.37. The van der Waals surface area contributed by atoms with Crippen LogP contribution in [-0.2, 0) is 11.0 Å². The Balaban J connectivity index is 2.80. The standard InChI is InChI=1S/C12H18F3N5O/c1-7(2)5-17-10(21)6-20(3)9-4-8(12(13,14)15)18-11(16)19-9/h4,7H,5-6H2,1-3H3,(H,17,21)(H2,16,18,19). The highest BCUT2D eigenvalue weighted by Crippen LogP contribution is 2.29. The molecular weight excluding hydrogens is 287 g/mol. The number of carbonyl (C=O) groups excluding carboxylic acids is 1. The number of halogens is 3. The molecule has 0 saturated carbocycles. The van der Waals surface area contributed by atoms with Crippen molar-refractivity contribution in [3.05, 3.63) is 11.8 Å². The summed E-state index contributed by atoms with van der Waals surface area (Å²) < 4.78 is 37.9. The maximum absolute atomic E-state index is 12.6. The summed E-state index contributed by atoms with van der Waals surface area (Å²) in [6.45, 7) is 4.24. The van der Waals surface area contributed by atoms with E-state index in [2.05, 4.69) is 15.3 Å². The predicted octanol–water partition coefficient (Wildman–Crippen LogP) is 1.29. The third kappa shape index (κ3) is 5.44. The molecule has 1 rings (SSSR count). The number of rotatable bonds is 5. The van der Waals surface area contributed by atoms with E-state index in [9.17, 15) is 18.0 Å². The molecule has 0 radical (unpaired) electrons. The van der Waals surface area contributed by atoms with Crippen LogP contribution in [0.15, 0.2) is 6.07 Å². The summed E-state index contributed by atoms with van der Waals surface area (Å²) in [5.74, 6) is -0.577. The van der Waals surface area contributed by atoms with E-state index in [4.69, 9.17) is 5.73 Å². The highest BCUT2D eigenvalue weighted by molar-refractivity contribution is 5.80. The van der Waals surface area contributed by atoms with Crippen molar-refractivity contribution in [3.63, 3.8) is 0 Å². The lowest BCUT2D eigenvalue weighted by atomic mass is 10.2. The van der Waals surface area contributed by atoms with Crippen molar-refractivity contribution >= 4 is 17.7 Å². The van der Waals surface area contributed by atoms with E-state index in [1.807, 2.05) is 13.8 Å². The first-order valence-corrected chi connectivity index (χ1v) is 6.29. The van der Waals surface area contributed by atoms with Gasteiger partial charge >= 0.3 is 6.18 Å². The SMILES string of the molecule is CC(C)CNC(=O)CN(C)c1cc(C(F)(F)F)nc(N)n1. The molecule has 0 bridgehead atoms. The molecule has 1 aromatic heterocycles. The second-order valence-corrected chi connectivity index (χ2v) is 5.02. The minimum Gasteiger partial charge on any atom is -0.368 e. The first-order valence-electron chi connectivity index (χ1n) is 6.29. The number of aromatic nitrogens is 2. The normalized spacial score (nSPS) is 11.6. The lowest BCUT2D eigenvalue weighted by Gasteiger charge is -2.19. The number of carbonyl (C=O) groups is 1. The Morgan fingerprint density at radius 1 is 1.43 bits per heavy atom. The van der Waals surface area contributed by atoms with Crippen LogP contribution in [0, 0.1) is 5.92 Å². The van der Waals surface area contributed by atoms with Crippen LogP contribution in [0.1, 0.15) is 19.5 Å². The Hall–Kier alpha value is -2.06. The fourth-order valence-corrected chi connectivity index (χ4v) is 1.46. The zero-order valence-corrected chi connectivity index (χ0v) is 12.0. The van der Waals surface area contributed by atoms with Gasteiger partial charge in [0.1, 0.15) is 5.82 Å². The summed E-state index contributed by atoms with van der Waals surface area (Å²) in [5, 5.41) is 2.66. The molecular formula is C12H18F3N5O. The number of anilines is 2. The third-order valence-corrected chi connectivity index (χ3v) is 2.50. The van der Waals surface area contributed by atoms with Crippen LogP contribution >= 0.6 is 0 Å². The average Bonchev–Trinajstić information content (AvgIpc) is 2.34. The van der Waals surface area contributed by atoms with E-state index in [-0.39, 0.29) is 24.2 Å². The maximum atomic E-state index is 12.6. The van der Waals surface area contributed by atoms with Gasteiger partial charge < -0.3 is 16.0 Å². The minimum absolute atomic E-state index is 0.0606. The summed E-state index contributed by atoms with van der Waals surface area (Å²) in [5.41, 5.74) is 4.13. The van der Waals surface area contributed by atoms with Gasteiger partial charge in [-0.15, -0.1) is 0 Å². The molecule has 118 valence electrons. The molecule has 1 aromatic rings. The molecule has 0 fully saturated rings. The van der Waals surface area contributed by atoms with Gasteiger partial charge in [-0.05, 0) is 5.92 Å². The summed E-state index contributed by atoms with van der Waals surface area (Å²) >= 11 is 0. The van der Waals surface area contributed by atoms with Gasteiger partial charge in [-0.2, -0.15) is 18.2 Å². The Kier molecular flexibility index (Phi) is 5.34. The fraction of sp³-hybridized carbons (Fsp3) is 0.583. The van der Waals surface area contributed by atoms with Gasteiger partial charge in [0.2, 0.25) is 11.9 Å². The van der Waals surface area contributed by atoms with Crippen LogP contribution in [0.3, 0.4) is 0 Å². The monoisotopic (exact) mass is 305 g/mol. The predicted molar refractivity (Wildman–Crippen MR) is 72.6 cm³/mol. The zero-order valence-electron chi connectivity index (χ0n) is 12.0. The molecule has 0 saturated heterocycles. The van der Waals surface area contributed by atoms with Gasteiger partial charge in [0, 0.05) is 19.7 Å². The van der Waals surface area contributed by atoms with Crippen LogP contribution < -0.4 is 16.0 Å². The number of alkyl halides is 3. The molecule has 9 heteroatoms. The molecule has 1 heterocycles. The summed E-state index contributed by atoms with van der Waals surface area (Å²) in [7, 11) is 1.46. The quantitative estimate of drug-likeness (QED) is 0.856. The highest BCUT2D eigenvalue weighted by Gasteiger charge is 2.34. The van der Waals surface area contributed by atoms with Crippen molar-refractivity contribution in [2.75, 3.05) is 30.8 Å². The summed E-state index contributed by atoms with van der Waals surface area (Å²) in [6, 6.07) is 0.756. The topological polar surface area (TPSA) is 84.1 Å². The lowest BCUT2D eigenvalue weighted by molar-refractivity contribution is -0.141. The number of hydrogen-bond donors (Lipinski definition) is 2. The molecule has 0 atom stereocenters. The first kappa shape index (κ1) is 17.0. The molecule has 21 heavy (non-hydrogen) atoms. The van der Waals surface area contributed by atoms with E-state index in [1.54, 1.807) is 0 Å². The zero-order chi connectivity index (χ0) is 16.2. The highest BCUT2D eigenvalue weighted by atomic mass is 19.4. The fourth-order valence-electron chi connectivity index (χ4n) is 1.46. The minimum atomic E-state index is -4.62. The summed E-state index contributed by atoms with van der Waals surface area (Å²) in [4.78, 5) is 19.8. The molecule has 0 aromatic carbocycles. The van der Waals surface area contributed by atoms with Gasteiger partial charge in [0.05, 0.1) is 6.54 Å². The molecule has 3 N–H and O–H groups in total. The Morgan fingerprint density at radius 3 is 2.57 bits per heavy atom. The Bertz CT molecular complexity index is 504. The molecule has 0 aliphatic heterocycles. The van der Waals surface area contributed by atoms with Gasteiger partial charge in [0.15, 0.2) is 5.69 Å². The van der Waals surface area contributed by atoms with E-state index >= 15 is 0 Å². The Morgan fingerprint density at radius 2 is 2.05 bits per heavy atom. The van der Waals surface area contributed by atoms with Crippen LogP contribution in [0.4, 0.5) is 24.9 Å². The van der Waals surface area contributed by atoms with Crippen molar-refractivity contribution in [1.82, 2.24) is 15.3 Å². The van der Waals surface area contributed by atoms with Crippen molar-refractivity contribution < 1.29 is 18.0 Å². The number of nitrogens with zero attached hydrogens (tertiary/aromatic N) is 3. The number of nitrogens with two attached hydrogens (primary N) is 1. The molecule has 0 spiro atoms. The first-order chi connectivity index (χ1) is 9.59. The number of nitrogens with one attached hydrogen (secondary N) is 1. The summed E-state index contributed by atoms with van der Waals surface area (Å²) in [6.07, 6.45) is -4.62. The van der Waals surface area contributed by atoms with E-state index in [1.165, 1.54) is 11.9 Å².